The molecule has 92 valence electrons. The molecule has 0 saturated heterocycles. The summed E-state index contributed by atoms with van der Waals surface area (Å²) >= 11 is 0. The fraction of sp³-hybridized carbons (Fsp3) is 0.800. The first-order valence-electron chi connectivity index (χ1n) is 5.59. The third kappa shape index (κ3) is 3.29. The number of carbonyl (C=O) groups is 1. The number of amides is 2. The quantitative estimate of drug-likeness (QED) is 0.246. The van der Waals surface area contributed by atoms with Crippen molar-refractivity contribution >= 4 is 11.9 Å². The second-order valence-corrected chi connectivity index (χ2v) is 4.44. The first kappa shape index (κ1) is 12.6. The van der Waals surface area contributed by atoms with Crippen molar-refractivity contribution in [2.75, 3.05) is 0 Å². The van der Waals surface area contributed by atoms with Crippen LogP contribution in [0.15, 0.2) is 5.16 Å². The smallest absolute Gasteiger partial charge is 0.315 e. The van der Waals surface area contributed by atoms with E-state index in [1.54, 1.807) is 0 Å². The molecule has 6 nitrogen and oxygen atoms in total. The number of carbonyl (C=O) groups excluding carboxylic acids is 1. The van der Waals surface area contributed by atoms with Crippen molar-refractivity contribution in [2.45, 2.75) is 45.2 Å². The average Bonchev–Trinajstić information content (AvgIpc) is 2.63. The molecule has 0 radical (unpaired) electrons. The molecule has 1 fully saturated rings. The van der Waals surface area contributed by atoms with Gasteiger partial charge in [0, 0.05) is 18.0 Å². The Hall–Kier alpha value is -1.46. The van der Waals surface area contributed by atoms with Gasteiger partial charge in [-0.15, -0.1) is 0 Å². The lowest BCUT2D eigenvalue weighted by molar-refractivity contribution is 0.233. The third-order valence-corrected chi connectivity index (χ3v) is 2.75. The van der Waals surface area contributed by atoms with Gasteiger partial charge in [-0.1, -0.05) is 11.6 Å². The summed E-state index contributed by atoms with van der Waals surface area (Å²) in [7, 11) is 0. The summed E-state index contributed by atoms with van der Waals surface area (Å²) in [5.41, 5.74) is 5.57. The summed E-state index contributed by atoms with van der Waals surface area (Å²) in [5, 5.41) is 17.2. The third-order valence-electron chi connectivity index (χ3n) is 2.75. The van der Waals surface area contributed by atoms with Crippen molar-refractivity contribution in [2.24, 2.45) is 16.8 Å². The van der Waals surface area contributed by atoms with E-state index in [1.165, 1.54) is 0 Å². The van der Waals surface area contributed by atoms with Gasteiger partial charge in [0.2, 0.25) is 0 Å². The number of nitrogens with two attached hydrogens (primary N) is 1. The zero-order chi connectivity index (χ0) is 12.1. The molecule has 2 unspecified atom stereocenters. The minimum Gasteiger partial charge on any atom is -0.409 e. The highest BCUT2D eigenvalue weighted by Gasteiger charge is 2.31. The Labute approximate surface area is 95.3 Å². The van der Waals surface area contributed by atoms with Gasteiger partial charge in [0.05, 0.1) is 0 Å². The zero-order valence-corrected chi connectivity index (χ0v) is 9.73. The molecule has 1 aliphatic rings. The lowest BCUT2D eigenvalue weighted by Crippen LogP contribution is -2.48. The van der Waals surface area contributed by atoms with Gasteiger partial charge in [0.15, 0.2) is 0 Å². The first-order valence-corrected chi connectivity index (χ1v) is 5.59. The molecule has 0 spiro atoms. The van der Waals surface area contributed by atoms with Crippen molar-refractivity contribution in [3.05, 3.63) is 0 Å². The largest absolute Gasteiger partial charge is 0.409 e. The number of nitrogens with zero attached hydrogens (tertiary/aromatic N) is 1. The number of hydrogen-bond donors (Lipinski definition) is 4. The Morgan fingerprint density at radius 2 is 2.19 bits per heavy atom. The van der Waals surface area contributed by atoms with E-state index in [0.29, 0.717) is 0 Å². The molecular weight excluding hydrogens is 208 g/mol. The molecule has 1 saturated carbocycles. The topological polar surface area (TPSA) is 99.7 Å². The molecule has 6 heteroatoms. The number of amidine groups is 1. The highest BCUT2D eigenvalue weighted by atomic mass is 16.4. The molecule has 2 amide bonds. The van der Waals surface area contributed by atoms with Crippen LogP contribution in [0.3, 0.4) is 0 Å². The Morgan fingerprint density at radius 1 is 1.50 bits per heavy atom. The summed E-state index contributed by atoms with van der Waals surface area (Å²) in [6.45, 7) is 3.80. The molecule has 1 rings (SSSR count). The molecule has 0 aromatic carbocycles. The van der Waals surface area contributed by atoms with E-state index in [1.807, 2.05) is 13.8 Å². The Kier molecular flexibility index (Phi) is 4.39. The summed E-state index contributed by atoms with van der Waals surface area (Å²) in [5.74, 6) is 0.148. The van der Waals surface area contributed by atoms with Gasteiger partial charge >= 0.3 is 6.03 Å². The SMILES string of the molecule is CC(C)NC(=O)NC1CCCC1C(N)=NO. The van der Waals surface area contributed by atoms with E-state index in [9.17, 15) is 4.79 Å². The van der Waals surface area contributed by atoms with Crippen LogP contribution in [0.25, 0.3) is 0 Å². The highest BCUT2D eigenvalue weighted by molar-refractivity contribution is 5.84. The normalized spacial score (nSPS) is 25.8. The van der Waals surface area contributed by atoms with Crippen LogP contribution in [0, 0.1) is 5.92 Å². The van der Waals surface area contributed by atoms with Crippen LogP contribution in [-0.4, -0.2) is 29.2 Å². The molecule has 0 bridgehead atoms. The predicted molar refractivity (Wildman–Crippen MR) is 61.3 cm³/mol. The van der Waals surface area contributed by atoms with Crippen LogP contribution in [0.4, 0.5) is 4.79 Å². The van der Waals surface area contributed by atoms with Crippen LogP contribution in [0.2, 0.25) is 0 Å². The first-order chi connectivity index (χ1) is 7.54. The van der Waals surface area contributed by atoms with E-state index in [-0.39, 0.29) is 29.9 Å². The molecule has 1 aliphatic carbocycles. The summed E-state index contributed by atoms with van der Waals surface area (Å²) in [4.78, 5) is 11.5. The maximum atomic E-state index is 11.5. The monoisotopic (exact) mass is 228 g/mol. The average molecular weight is 228 g/mol. The summed E-state index contributed by atoms with van der Waals surface area (Å²) < 4.78 is 0. The van der Waals surface area contributed by atoms with E-state index < -0.39 is 0 Å². The molecule has 0 aromatic heterocycles. The van der Waals surface area contributed by atoms with E-state index in [2.05, 4.69) is 15.8 Å². The van der Waals surface area contributed by atoms with Gasteiger partial charge in [-0.05, 0) is 26.7 Å². The molecule has 2 atom stereocenters. The Morgan fingerprint density at radius 3 is 2.75 bits per heavy atom. The van der Waals surface area contributed by atoms with Crippen LogP contribution in [-0.2, 0) is 0 Å². The van der Waals surface area contributed by atoms with Gasteiger partial charge in [0.25, 0.3) is 0 Å². The van der Waals surface area contributed by atoms with Gasteiger partial charge in [-0.25, -0.2) is 4.79 Å². The standard InChI is InChI=1S/C10H20N4O2/c1-6(2)12-10(15)13-8-5-3-4-7(8)9(11)14-16/h6-8,16H,3-5H2,1-2H3,(H2,11,14)(H2,12,13,15). The van der Waals surface area contributed by atoms with Crippen LogP contribution in [0.1, 0.15) is 33.1 Å². The maximum absolute atomic E-state index is 11.5. The van der Waals surface area contributed by atoms with Gasteiger partial charge in [-0.2, -0.15) is 0 Å². The Balaban J connectivity index is 2.50. The number of rotatable bonds is 3. The van der Waals surface area contributed by atoms with Crippen LogP contribution in [0.5, 0.6) is 0 Å². The van der Waals surface area contributed by atoms with Crippen molar-refractivity contribution in [1.29, 1.82) is 0 Å². The summed E-state index contributed by atoms with van der Waals surface area (Å²) in [6.07, 6.45) is 2.70. The number of hydrogen-bond acceptors (Lipinski definition) is 3. The second-order valence-electron chi connectivity index (χ2n) is 4.44. The molecule has 16 heavy (non-hydrogen) atoms. The van der Waals surface area contributed by atoms with Crippen molar-refractivity contribution in [1.82, 2.24) is 10.6 Å². The lowest BCUT2D eigenvalue weighted by atomic mass is 10.0. The van der Waals surface area contributed by atoms with E-state index >= 15 is 0 Å². The number of urea groups is 1. The molecule has 0 aromatic rings. The zero-order valence-electron chi connectivity index (χ0n) is 9.73. The highest BCUT2D eigenvalue weighted by Crippen LogP contribution is 2.25. The summed E-state index contributed by atoms with van der Waals surface area (Å²) in [6, 6.07) is -0.129. The molecular formula is C10H20N4O2. The minimum absolute atomic E-state index is 0.0327. The van der Waals surface area contributed by atoms with Crippen molar-refractivity contribution < 1.29 is 10.0 Å². The fourth-order valence-electron chi connectivity index (χ4n) is 2.03. The Bertz CT molecular complexity index is 278. The van der Waals surface area contributed by atoms with Crippen molar-refractivity contribution in [3.8, 4) is 0 Å². The maximum Gasteiger partial charge on any atom is 0.315 e. The van der Waals surface area contributed by atoms with E-state index in [4.69, 9.17) is 10.9 Å². The van der Waals surface area contributed by atoms with Gasteiger partial charge in [0.1, 0.15) is 5.84 Å². The number of nitrogens with one attached hydrogen (secondary N) is 2. The molecule has 0 heterocycles. The van der Waals surface area contributed by atoms with Crippen LogP contribution < -0.4 is 16.4 Å². The fourth-order valence-corrected chi connectivity index (χ4v) is 2.03. The van der Waals surface area contributed by atoms with Gasteiger partial charge in [-0.3, -0.25) is 0 Å². The molecule has 5 N–H and O–H groups in total. The van der Waals surface area contributed by atoms with Crippen molar-refractivity contribution in [3.63, 3.8) is 0 Å². The second kappa shape index (κ2) is 5.58. The van der Waals surface area contributed by atoms with E-state index in [0.717, 1.165) is 19.3 Å². The predicted octanol–water partition coefficient (Wildman–Crippen LogP) is 0.609. The van der Waals surface area contributed by atoms with Gasteiger partial charge < -0.3 is 21.6 Å². The number of oxime groups is 1. The lowest BCUT2D eigenvalue weighted by Gasteiger charge is -2.20. The minimum atomic E-state index is -0.197. The van der Waals surface area contributed by atoms with Crippen LogP contribution >= 0.6 is 0 Å². The molecule has 0 aliphatic heterocycles.